The lowest BCUT2D eigenvalue weighted by atomic mass is 10.3. The van der Waals surface area contributed by atoms with Crippen LogP contribution < -0.4 is 0 Å². The number of hydrogen-bond donors (Lipinski definition) is 1. The highest BCUT2D eigenvalue weighted by atomic mass is 32.1. The molecule has 0 rings (SSSR count). The zero-order valence-electron chi connectivity index (χ0n) is 4.42. The van der Waals surface area contributed by atoms with E-state index in [1.807, 2.05) is 0 Å². The molecular weight excluding hydrogens is 136 g/mol. The fraction of sp³-hybridized carbons (Fsp3) is 0.400. The van der Waals surface area contributed by atoms with Gasteiger partial charge in [-0.15, -0.1) is 19.2 Å². The van der Waals surface area contributed by atoms with Gasteiger partial charge in [0.25, 0.3) is 0 Å². The van der Waals surface area contributed by atoms with Gasteiger partial charge in [-0.3, -0.25) is 4.79 Å². The number of carbonyl (C=O) groups excluding carboxylic acids is 1. The molecule has 0 saturated heterocycles. The van der Waals surface area contributed by atoms with Crippen molar-refractivity contribution in [1.29, 1.82) is 0 Å². The van der Waals surface area contributed by atoms with Gasteiger partial charge in [0.05, 0.1) is 0 Å². The summed E-state index contributed by atoms with van der Waals surface area (Å²) in [4.78, 5) is 10.3. The maximum absolute atomic E-state index is 10.3. The van der Waals surface area contributed by atoms with E-state index in [0.29, 0.717) is 6.42 Å². The molecule has 0 bridgehead atoms. The Hall–Kier alpha value is -0.0231. The van der Waals surface area contributed by atoms with Gasteiger partial charge in [0.2, 0.25) is 0 Å². The second-order valence-electron chi connectivity index (χ2n) is 1.42. The van der Waals surface area contributed by atoms with E-state index >= 15 is 0 Å². The second kappa shape index (κ2) is 3.92. The standard InChI is InChI=1S/C5H7OSSi/c1-2-3-4(8)5(6)7/h2,4H,1,3H2,(H,6,7). The van der Waals surface area contributed by atoms with Gasteiger partial charge >= 0.3 is 0 Å². The first kappa shape index (κ1) is 7.98. The van der Waals surface area contributed by atoms with Crippen molar-refractivity contribution in [2.45, 2.75) is 12.0 Å². The van der Waals surface area contributed by atoms with Crippen LogP contribution in [-0.4, -0.2) is 15.4 Å². The molecule has 0 fully saturated rings. The molecule has 0 aliphatic rings. The van der Waals surface area contributed by atoms with Crippen molar-refractivity contribution in [3.8, 4) is 0 Å². The first-order valence-electron chi connectivity index (χ1n) is 2.23. The highest BCUT2D eigenvalue weighted by Gasteiger charge is 2.04. The van der Waals surface area contributed by atoms with E-state index in [4.69, 9.17) is 0 Å². The molecule has 8 heavy (non-hydrogen) atoms. The van der Waals surface area contributed by atoms with Crippen LogP contribution in [0.1, 0.15) is 6.42 Å². The van der Waals surface area contributed by atoms with Gasteiger partial charge in [-0.2, -0.15) is 0 Å². The van der Waals surface area contributed by atoms with Crippen LogP contribution in [0.15, 0.2) is 12.7 Å². The normalized spacial score (nSPS) is 12.8. The Morgan fingerprint density at radius 2 is 2.50 bits per heavy atom. The van der Waals surface area contributed by atoms with E-state index in [-0.39, 0.29) is 10.7 Å². The second-order valence-corrected chi connectivity index (χ2v) is 2.55. The molecule has 0 N–H and O–H groups in total. The predicted molar refractivity (Wildman–Crippen MR) is 38.3 cm³/mol. The molecule has 0 aromatic carbocycles. The van der Waals surface area contributed by atoms with Crippen molar-refractivity contribution in [1.82, 2.24) is 0 Å². The molecule has 3 radical (unpaired) electrons. The highest BCUT2D eigenvalue weighted by Crippen LogP contribution is 2.08. The maximum Gasteiger partial charge on any atom is 0.185 e. The lowest BCUT2D eigenvalue weighted by Gasteiger charge is -1.98. The molecule has 0 aromatic rings. The van der Waals surface area contributed by atoms with Gasteiger partial charge in [-0.25, -0.2) is 0 Å². The first-order valence-corrected chi connectivity index (χ1v) is 3.25. The van der Waals surface area contributed by atoms with Gasteiger partial charge < -0.3 is 0 Å². The summed E-state index contributed by atoms with van der Waals surface area (Å²) in [7, 11) is 3.15. The van der Waals surface area contributed by atoms with Crippen molar-refractivity contribution in [2.75, 3.05) is 0 Å². The summed E-state index contributed by atoms with van der Waals surface area (Å²) >= 11 is 3.59. The van der Waals surface area contributed by atoms with E-state index in [1.54, 1.807) is 6.08 Å². The molecular formula is C5H7OSSi. The number of hydrogen-bond acceptors (Lipinski definition) is 1. The summed E-state index contributed by atoms with van der Waals surface area (Å²) in [6, 6.07) is 0. The van der Waals surface area contributed by atoms with E-state index in [2.05, 4.69) is 29.5 Å². The fourth-order valence-corrected chi connectivity index (χ4v) is 0.540. The maximum atomic E-state index is 10.3. The first-order chi connectivity index (χ1) is 3.68. The van der Waals surface area contributed by atoms with Crippen LogP contribution in [-0.2, 0) is 4.79 Å². The van der Waals surface area contributed by atoms with Crippen LogP contribution in [0, 0.1) is 0 Å². The van der Waals surface area contributed by atoms with Gasteiger partial charge in [0.1, 0.15) is 0 Å². The zero-order valence-corrected chi connectivity index (χ0v) is 6.32. The van der Waals surface area contributed by atoms with E-state index < -0.39 is 0 Å². The van der Waals surface area contributed by atoms with Crippen LogP contribution in [0.2, 0.25) is 5.54 Å². The average Bonchev–Trinajstić information content (AvgIpc) is 1.67. The van der Waals surface area contributed by atoms with Crippen molar-refractivity contribution in [3.05, 3.63) is 12.7 Å². The molecule has 1 unspecified atom stereocenters. The highest BCUT2D eigenvalue weighted by molar-refractivity contribution is 7.96. The molecule has 0 aliphatic carbocycles. The summed E-state index contributed by atoms with van der Waals surface area (Å²) in [5, 5.41) is -0.151. The Balaban J connectivity index is 3.46. The third kappa shape index (κ3) is 3.04. The van der Waals surface area contributed by atoms with Crippen molar-refractivity contribution < 1.29 is 4.79 Å². The molecule has 0 heterocycles. The van der Waals surface area contributed by atoms with E-state index in [1.165, 1.54) is 0 Å². The number of rotatable bonds is 3. The largest absolute Gasteiger partial charge is 0.288 e. The SMILES string of the molecule is C=CCC([Si])C(=O)S. The van der Waals surface area contributed by atoms with Gasteiger partial charge in [0.15, 0.2) is 5.12 Å². The minimum Gasteiger partial charge on any atom is -0.288 e. The number of carbonyl (C=O) groups is 1. The van der Waals surface area contributed by atoms with Crippen molar-refractivity contribution >= 4 is 28.0 Å². The van der Waals surface area contributed by atoms with Crippen LogP contribution in [0.3, 0.4) is 0 Å². The molecule has 0 spiro atoms. The van der Waals surface area contributed by atoms with Crippen LogP contribution in [0.25, 0.3) is 0 Å². The van der Waals surface area contributed by atoms with Crippen molar-refractivity contribution in [2.24, 2.45) is 0 Å². The molecule has 1 atom stereocenters. The Labute approximate surface area is 58.0 Å². The monoisotopic (exact) mass is 143 g/mol. The number of allylic oxidation sites excluding steroid dienone is 1. The topological polar surface area (TPSA) is 17.1 Å². The molecule has 43 valence electrons. The smallest absolute Gasteiger partial charge is 0.185 e. The lowest BCUT2D eigenvalue weighted by Crippen LogP contribution is -1.98. The average molecular weight is 143 g/mol. The molecule has 1 nitrogen and oxygen atoms in total. The van der Waals surface area contributed by atoms with Gasteiger partial charge in [-0.05, 0) is 6.42 Å². The van der Waals surface area contributed by atoms with Crippen LogP contribution >= 0.6 is 12.6 Å². The van der Waals surface area contributed by atoms with Gasteiger partial charge in [0, 0.05) is 15.8 Å². The Bertz CT molecular complexity index is 103. The van der Waals surface area contributed by atoms with Gasteiger partial charge in [-0.1, -0.05) is 6.08 Å². The molecule has 0 aromatic heterocycles. The van der Waals surface area contributed by atoms with E-state index in [9.17, 15) is 4.79 Å². The third-order valence-electron chi connectivity index (χ3n) is 0.700. The summed E-state index contributed by atoms with van der Waals surface area (Å²) < 4.78 is 0. The molecule has 0 amide bonds. The number of thiol groups is 1. The summed E-state index contributed by atoms with van der Waals surface area (Å²) in [6.07, 6.45) is 2.31. The lowest BCUT2D eigenvalue weighted by molar-refractivity contribution is -0.110. The Morgan fingerprint density at radius 1 is 2.00 bits per heavy atom. The quantitative estimate of drug-likeness (QED) is 0.354. The third-order valence-corrected chi connectivity index (χ3v) is 1.75. The predicted octanol–water partition coefficient (Wildman–Crippen LogP) is 0.976. The Morgan fingerprint density at radius 3 is 2.62 bits per heavy atom. The van der Waals surface area contributed by atoms with E-state index in [0.717, 1.165) is 0 Å². The summed E-state index contributed by atoms with van der Waals surface area (Å²) in [6.45, 7) is 3.47. The minimum atomic E-state index is -0.171. The summed E-state index contributed by atoms with van der Waals surface area (Å²) in [5.41, 5.74) is -0.171. The Kier molecular flexibility index (Phi) is 3.91. The summed E-state index contributed by atoms with van der Waals surface area (Å²) in [5.74, 6) is 0. The molecule has 3 heteroatoms. The zero-order chi connectivity index (χ0) is 6.57. The van der Waals surface area contributed by atoms with Crippen molar-refractivity contribution in [3.63, 3.8) is 0 Å². The molecule has 0 saturated carbocycles. The fourth-order valence-electron chi connectivity index (χ4n) is 0.267. The molecule has 0 aliphatic heterocycles. The van der Waals surface area contributed by atoms with Crippen LogP contribution in [0.4, 0.5) is 0 Å². The van der Waals surface area contributed by atoms with Crippen LogP contribution in [0.5, 0.6) is 0 Å². The minimum absolute atomic E-state index is 0.151.